The summed E-state index contributed by atoms with van der Waals surface area (Å²) < 4.78 is 8.31. The summed E-state index contributed by atoms with van der Waals surface area (Å²) in [6.45, 7) is 8.18. The van der Waals surface area contributed by atoms with Crippen molar-refractivity contribution in [2.75, 3.05) is 12.4 Å². The number of rotatable bonds is 5. The number of benzene rings is 7. The molecule has 0 bridgehead atoms. The highest BCUT2D eigenvalue weighted by atomic mass is 16.3. The first-order valence-electron chi connectivity index (χ1n) is 17.7. The third kappa shape index (κ3) is 6.90. The highest BCUT2D eigenvalue weighted by Gasteiger charge is 2.11. The molecule has 9 aromatic rings. The summed E-state index contributed by atoms with van der Waals surface area (Å²) >= 11 is 0. The lowest BCUT2D eigenvalue weighted by Crippen LogP contribution is -1.92. The molecule has 52 heavy (non-hydrogen) atoms. The van der Waals surface area contributed by atoms with Crippen LogP contribution in [-0.2, 0) is 0 Å². The summed E-state index contributed by atoms with van der Waals surface area (Å²) in [5.74, 6) is 0. The Morgan fingerprint density at radius 2 is 1.27 bits per heavy atom. The molecule has 1 N–H and O–H groups in total. The van der Waals surface area contributed by atoms with Gasteiger partial charge in [-0.25, -0.2) is 0 Å². The quantitative estimate of drug-likeness (QED) is 0.184. The molecule has 0 spiro atoms. The molecule has 9 rings (SSSR count). The second kappa shape index (κ2) is 15.5. The van der Waals surface area contributed by atoms with Gasteiger partial charge in [0.1, 0.15) is 11.2 Å². The van der Waals surface area contributed by atoms with Crippen molar-refractivity contribution in [2.24, 2.45) is 0 Å². The van der Waals surface area contributed by atoms with Crippen molar-refractivity contribution < 1.29 is 4.42 Å². The zero-order valence-corrected chi connectivity index (χ0v) is 29.9. The van der Waals surface area contributed by atoms with Gasteiger partial charge >= 0.3 is 0 Å². The van der Waals surface area contributed by atoms with Crippen LogP contribution in [-0.4, -0.2) is 11.6 Å². The van der Waals surface area contributed by atoms with E-state index in [9.17, 15) is 0 Å². The van der Waals surface area contributed by atoms with Gasteiger partial charge in [-0.2, -0.15) is 0 Å². The first-order valence-corrected chi connectivity index (χ1v) is 17.7. The number of hydrogen-bond donors (Lipinski definition) is 1. The van der Waals surface area contributed by atoms with Crippen LogP contribution >= 0.6 is 0 Å². The van der Waals surface area contributed by atoms with Crippen molar-refractivity contribution >= 4 is 65.8 Å². The van der Waals surface area contributed by atoms with Gasteiger partial charge in [-0.3, -0.25) is 0 Å². The number of nitrogens with one attached hydrogen (secondary N) is 1. The van der Waals surface area contributed by atoms with Gasteiger partial charge in [0.2, 0.25) is 0 Å². The summed E-state index contributed by atoms with van der Waals surface area (Å²) in [5.41, 5.74) is 10.2. The first-order chi connectivity index (χ1) is 25.6. The third-order valence-corrected chi connectivity index (χ3v) is 9.26. The van der Waals surface area contributed by atoms with E-state index in [1.807, 2.05) is 74.7 Å². The van der Waals surface area contributed by atoms with Gasteiger partial charge in [0, 0.05) is 50.9 Å². The minimum Gasteiger partial charge on any atom is -0.455 e. The van der Waals surface area contributed by atoms with Crippen LogP contribution in [0.15, 0.2) is 193 Å². The Labute approximate surface area is 305 Å². The number of para-hydroxylation sites is 4. The van der Waals surface area contributed by atoms with Crippen LogP contribution in [0.1, 0.15) is 18.1 Å². The maximum atomic E-state index is 5.97. The predicted octanol–water partition coefficient (Wildman–Crippen LogP) is 13.7. The van der Waals surface area contributed by atoms with Crippen molar-refractivity contribution in [3.8, 4) is 5.69 Å². The fraction of sp³-hybridized carbons (Fsp3) is 0.0612. The molecule has 0 fully saturated rings. The number of anilines is 1. The van der Waals surface area contributed by atoms with Crippen LogP contribution < -0.4 is 5.32 Å². The van der Waals surface area contributed by atoms with E-state index in [2.05, 4.69) is 145 Å². The fourth-order valence-electron chi connectivity index (χ4n) is 6.74. The lowest BCUT2D eigenvalue weighted by atomic mass is 10.0. The topological polar surface area (TPSA) is 30.1 Å². The van der Waals surface area contributed by atoms with E-state index in [1.165, 1.54) is 54.6 Å². The van der Waals surface area contributed by atoms with E-state index in [4.69, 9.17) is 4.42 Å². The zero-order valence-electron chi connectivity index (χ0n) is 29.9. The minimum atomic E-state index is 0.957. The monoisotopic (exact) mass is 674 g/mol. The zero-order chi connectivity index (χ0) is 35.9. The lowest BCUT2D eigenvalue weighted by molar-refractivity contribution is 0.672. The molecule has 3 heteroatoms. The molecule has 0 saturated heterocycles. The number of aryl methyl sites for hydroxylation is 1. The second-order valence-corrected chi connectivity index (χ2v) is 12.7. The Kier molecular flexibility index (Phi) is 10.1. The van der Waals surface area contributed by atoms with Crippen molar-refractivity contribution in [1.29, 1.82) is 0 Å². The normalized spacial score (nSPS) is 11.3. The SMILES string of the molecule is C=C(/C=C\C=C/C)c1ccccc1NC.Cc1ccc2c3ccccc3n(-c3ccccc3)c2c1.c1ccc2c(c1)ccc1c3ccccc3oc21. The maximum Gasteiger partial charge on any atom is 0.143 e. The largest absolute Gasteiger partial charge is 0.455 e. The predicted molar refractivity (Wildman–Crippen MR) is 226 cm³/mol. The van der Waals surface area contributed by atoms with Crippen LogP contribution in [0.3, 0.4) is 0 Å². The Hall–Kier alpha value is -6.58. The summed E-state index contributed by atoms with van der Waals surface area (Å²) in [5, 5.41) is 10.6. The average molecular weight is 675 g/mol. The summed E-state index contributed by atoms with van der Waals surface area (Å²) in [6.07, 6.45) is 7.99. The lowest BCUT2D eigenvalue weighted by Gasteiger charge is -2.07. The molecule has 254 valence electrons. The summed E-state index contributed by atoms with van der Waals surface area (Å²) in [7, 11) is 1.92. The number of nitrogens with zero attached hydrogens (tertiary/aromatic N) is 1. The number of fused-ring (bicyclic) bond motifs is 8. The van der Waals surface area contributed by atoms with Crippen molar-refractivity contribution in [3.05, 3.63) is 200 Å². The van der Waals surface area contributed by atoms with E-state index in [-0.39, 0.29) is 0 Å². The Morgan fingerprint density at radius 1 is 0.615 bits per heavy atom. The number of aromatic nitrogens is 1. The molecule has 3 nitrogen and oxygen atoms in total. The number of allylic oxidation sites excluding steroid dienone is 5. The molecule has 0 aliphatic carbocycles. The molecular weight excluding hydrogens is 633 g/mol. The molecule has 0 amide bonds. The first kappa shape index (κ1) is 33.9. The number of hydrogen-bond acceptors (Lipinski definition) is 2. The van der Waals surface area contributed by atoms with Gasteiger partial charge in [0.05, 0.1) is 11.0 Å². The van der Waals surface area contributed by atoms with E-state index in [0.717, 1.165) is 28.0 Å². The van der Waals surface area contributed by atoms with Crippen LogP contribution in [0.2, 0.25) is 0 Å². The summed E-state index contributed by atoms with van der Waals surface area (Å²) in [4.78, 5) is 0. The molecule has 0 atom stereocenters. The van der Waals surface area contributed by atoms with E-state index < -0.39 is 0 Å². The van der Waals surface area contributed by atoms with Gasteiger partial charge in [-0.05, 0) is 72.8 Å². The van der Waals surface area contributed by atoms with Crippen LogP contribution in [0.4, 0.5) is 5.69 Å². The van der Waals surface area contributed by atoms with E-state index in [0.29, 0.717) is 0 Å². The van der Waals surface area contributed by atoms with Crippen molar-refractivity contribution in [3.63, 3.8) is 0 Å². The van der Waals surface area contributed by atoms with Crippen LogP contribution in [0, 0.1) is 6.92 Å². The standard InChI is InChI=1S/C19H15N.C16H10O.C14H17N/c1-14-11-12-17-16-9-5-6-10-18(16)20(19(17)13-14)15-7-3-2-4-8-15;1-2-6-12-11(5-1)9-10-14-13-7-3-4-8-15(13)17-16(12)14;1-4-5-6-9-12(2)13-10-7-8-11-14(13)15-3/h2-13H,1H3;1-10H;4-11,15H,2H2,1,3H3/b;;5-4-,9-6-. The fourth-order valence-corrected chi connectivity index (χ4v) is 6.74. The van der Waals surface area contributed by atoms with Gasteiger partial charge < -0.3 is 14.3 Å². The molecule has 0 radical (unpaired) electrons. The molecule has 0 unspecified atom stereocenters. The van der Waals surface area contributed by atoms with Gasteiger partial charge in [0.25, 0.3) is 0 Å². The Bertz CT molecular complexity index is 2710. The van der Waals surface area contributed by atoms with Gasteiger partial charge in [-0.15, -0.1) is 0 Å². The van der Waals surface area contributed by atoms with E-state index in [1.54, 1.807) is 0 Å². The highest BCUT2D eigenvalue weighted by Crippen LogP contribution is 2.34. The van der Waals surface area contributed by atoms with Crippen molar-refractivity contribution in [1.82, 2.24) is 4.57 Å². The Balaban J connectivity index is 0.000000123. The molecular formula is C49H42N2O. The molecule has 7 aromatic carbocycles. The van der Waals surface area contributed by atoms with Gasteiger partial charge in [-0.1, -0.05) is 146 Å². The molecule has 0 saturated carbocycles. The van der Waals surface area contributed by atoms with Crippen molar-refractivity contribution in [2.45, 2.75) is 13.8 Å². The minimum absolute atomic E-state index is 0.957. The smallest absolute Gasteiger partial charge is 0.143 e. The third-order valence-electron chi connectivity index (χ3n) is 9.26. The summed E-state index contributed by atoms with van der Waals surface area (Å²) in [6, 6.07) is 54.8. The average Bonchev–Trinajstić information content (AvgIpc) is 3.74. The number of furan rings is 1. The van der Waals surface area contributed by atoms with E-state index >= 15 is 0 Å². The molecule has 0 aliphatic heterocycles. The van der Waals surface area contributed by atoms with Crippen LogP contribution in [0.25, 0.3) is 65.8 Å². The molecule has 0 aliphatic rings. The van der Waals surface area contributed by atoms with Crippen LogP contribution in [0.5, 0.6) is 0 Å². The highest BCUT2D eigenvalue weighted by molar-refractivity contribution is 6.15. The molecule has 2 heterocycles. The van der Waals surface area contributed by atoms with Gasteiger partial charge in [0.15, 0.2) is 0 Å². The maximum absolute atomic E-state index is 5.97. The molecule has 2 aromatic heterocycles. The second-order valence-electron chi connectivity index (χ2n) is 12.7. The Morgan fingerprint density at radius 3 is 2.08 bits per heavy atom.